The lowest BCUT2D eigenvalue weighted by Gasteiger charge is -2.09. The van der Waals surface area contributed by atoms with Gasteiger partial charge in [0.2, 0.25) is 5.43 Å². The third-order valence-corrected chi connectivity index (χ3v) is 4.20. The van der Waals surface area contributed by atoms with Gasteiger partial charge in [-0.3, -0.25) is 9.59 Å². The van der Waals surface area contributed by atoms with Crippen LogP contribution in [0.4, 0.5) is 5.69 Å². The minimum atomic E-state index is -0.599. The van der Waals surface area contributed by atoms with Crippen LogP contribution < -0.4 is 15.5 Å². The molecule has 7 heteroatoms. The fourth-order valence-corrected chi connectivity index (χ4v) is 2.49. The molecule has 1 aromatic heterocycles. The summed E-state index contributed by atoms with van der Waals surface area (Å²) in [4.78, 5) is 24.5. The van der Waals surface area contributed by atoms with Gasteiger partial charge in [-0.05, 0) is 48.9 Å². The zero-order chi connectivity index (χ0) is 18.7. The molecule has 1 heterocycles. The van der Waals surface area contributed by atoms with Crippen LogP contribution in [0, 0.1) is 6.92 Å². The van der Waals surface area contributed by atoms with E-state index < -0.39 is 11.3 Å². The standard InChI is InChI=1S/C19H16ClN3O3/c1-12-3-4-13(11-16(12)20)21-19(25)18-17(24)9-10-23(22-18)14-5-7-15(26-2)8-6-14/h3-11H,1-2H3,(H,21,25). The lowest BCUT2D eigenvalue weighted by atomic mass is 10.2. The summed E-state index contributed by atoms with van der Waals surface area (Å²) in [6.07, 6.45) is 1.50. The van der Waals surface area contributed by atoms with Gasteiger partial charge in [-0.15, -0.1) is 0 Å². The van der Waals surface area contributed by atoms with Crippen LogP contribution in [-0.4, -0.2) is 22.8 Å². The molecule has 0 unspecified atom stereocenters. The molecule has 2 aromatic carbocycles. The predicted octanol–water partition coefficient (Wildman–Crippen LogP) is 3.46. The summed E-state index contributed by atoms with van der Waals surface area (Å²) in [6, 6.07) is 13.5. The summed E-state index contributed by atoms with van der Waals surface area (Å²) >= 11 is 6.06. The number of rotatable bonds is 4. The van der Waals surface area contributed by atoms with Crippen molar-refractivity contribution in [3.05, 3.63) is 81.2 Å². The van der Waals surface area contributed by atoms with Gasteiger partial charge in [-0.25, -0.2) is 4.68 Å². The maximum absolute atomic E-state index is 12.5. The number of hydrogen-bond acceptors (Lipinski definition) is 4. The van der Waals surface area contributed by atoms with E-state index in [4.69, 9.17) is 16.3 Å². The molecule has 0 spiro atoms. The van der Waals surface area contributed by atoms with Crippen molar-refractivity contribution in [2.24, 2.45) is 0 Å². The molecule has 0 radical (unpaired) electrons. The smallest absolute Gasteiger partial charge is 0.280 e. The quantitative estimate of drug-likeness (QED) is 0.764. The van der Waals surface area contributed by atoms with Gasteiger partial charge in [0.05, 0.1) is 12.8 Å². The summed E-state index contributed by atoms with van der Waals surface area (Å²) in [5.74, 6) is 0.0989. The van der Waals surface area contributed by atoms with Crippen LogP contribution in [-0.2, 0) is 0 Å². The van der Waals surface area contributed by atoms with Crippen molar-refractivity contribution < 1.29 is 9.53 Å². The van der Waals surface area contributed by atoms with Crippen LogP contribution in [0.25, 0.3) is 5.69 Å². The Labute approximate surface area is 155 Å². The topological polar surface area (TPSA) is 73.2 Å². The van der Waals surface area contributed by atoms with Crippen LogP contribution in [0.3, 0.4) is 0 Å². The van der Waals surface area contributed by atoms with Crippen LogP contribution in [0.5, 0.6) is 5.75 Å². The Morgan fingerprint density at radius 3 is 2.54 bits per heavy atom. The Hall–Kier alpha value is -3.12. The molecule has 0 fully saturated rings. The van der Waals surface area contributed by atoms with Gasteiger partial charge in [-0.2, -0.15) is 5.10 Å². The Kier molecular flexibility index (Phi) is 5.04. The van der Waals surface area contributed by atoms with Crippen molar-refractivity contribution in [2.45, 2.75) is 6.92 Å². The second kappa shape index (κ2) is 7.41. The number of nitrogens with zero attached hydrogens (tertiary/aromatic N) is 2. The van der Waals surface area contributed by atoms with E-state index in [1.165, 1.54) is 16.9 Å². The Morgan fingerprint density at radius 1 is 1.15 bits per heavy atom. The van der Waals surface area contributed by atoms with Gasteiger partial charge < -0.3 is 10.1 Å². The summed E-state index contributed by atoms with van der Waals surface area (Å²) in [5.41, 5.74) is 1.40. The van der Waals surface area contributed by atoms with Crippen molar-refractivity contribution in [1.82, 2.24) is 9.78 Å². The number of aromatic nitrogens is 2. The first kappa shape index (κ1) is 17.7. The first-order chi connectivity index (χ1) is 12.5. The highest BCUT2D eigenvalue weighted by atomic mass is 35.5. The zero-order valence-corrected chi connectivity index (χ0v) is 14.9. The Bertz CT molecular complexity index is 1010. The van der Waals surface area contributed by atoms with Gasteiger partial charge in [0.25, 0.3) is 5.91 Å². The van der Waals surface area contributed by atoms with E-state index in [9.17, 15) is 9.59 Å². The molecule has 0 atom stereocenters. The van der Waals surface area contributed by atoms with Gasteiger partial charge >= 0.3 is 0 Å². The fraction of sp³-hybridized carbons (Fsp3) is 0.105. The predicted molar refractivity (Wildman–Crippen MR) is 101 cm³/mol. The number of halogens is 1. The molecule has 0 aliphatic carbocycles. The number of carbonyl (C=O) groups is 1. The molecule has 26 heavy (non-hydrogen) atoms. The largest absolute Gasteiger partial charge is 0.497 e. The molecular formula is C19H16ClN3O3. The molecule has 3 aromatic rings. The van der Waals surface area contributed by atoms with E-state index in [1.807, 2.05) is 6.92 Å². The average Bonchev–Trinajstić information content (AvgIpc) is 2.65. The van der Waals surface area contributed by atoms with Crippen LogP contribution in [0.1, 0.15) is 16.1 Å². The number of ether oxygens (including phenoxy) is 1. The average molecular weight is 370 g/mol. The van der Waals surface area contributed by atoms with E-state index in [0.717, 1.165) is 5.56 Å². The molecule has 0 aliphatic rings. The highest BCUT2D eigenvalue weighted by Crippen LogP contribution is 2.20. The highest BCUT2D eigenvalue weighted by molar-refractivity contribution is 6.31. The first-order valence-corrected chi connectivity index (χ1v) is 8.17. The zero-order valence-electron chi connectivity index (χ0n) is 14.2. The van der Waals surface area contributed by atoms with E-state index in [-0.39, 0.29) is 5.69 Å². The molecule has 1 amide bonds. The molecule has 0 saturated heterocycles. The maximum atomic E-state index is 12.5. The SMILES string of the molecule is COc1ccc(-n2ccc(=O)c(C(=O)Nc3ccc(C)c(Cl)c3)n2)cc1. The molecule has 0 aliphatic heterocycles. The van der Waals surface area contributed by atoms with Gasteiger partial charge in [-0.1, -0.05) is 17.7 Å². The lowest BCUT2D eigenvalue weighted by molar-refractivity contribution is 0.101. The van der Waals surface area contributed by atoms with E-state index >= 15 is 0 Å². The number of benzene rings is 2. The monoisotopic (exact) mass is 369 g/mol. The lowest BCUT2D eigenvalue weighted by Crippen LogP contribution is -2.25. The number of hydrogen-bond donors (Lipinski definition) is 1. The molecular weight excluding hydrogens is 354 g/mol. The summed E-state index contributed by atoms with van der Waals surface area (Å²) in [5, 5.41) is 7.32. The van der Waals surface area contributed by atoms with Gasteiger partial charge in [0, 0.05) is 23.0 Å². The van der Waals surface area contributed by atoms with Gasteiger partial charge in [0.15, 0.2) is 5.69 Å². The summed E-state index contributed by atoms with van der Waals surface area (Å²) < 4.78 is 6.57. The van der Waals surface area contributed by atoms with Crippen LogP contribution in [0.2, 0.25) is 5.02 Å². The van der Waals surface area contributed by atoms with E-state index in [2.05, 4.69) is 10.4 Å². The Morgan fingerprint density at radius 2 is 1.88 bits per heavy atom. The second-order valence-electron chi connectivity index (χ2n) is 5.59. The number of amides is 1. The van der Waals surface area contributed by atoms with Crippen molar-refractivity contribution in [3.8, 4) is 11.4 Å². The number of anilines is 1. The van der Waals surface area contributed by atoms with Crippen LogP contribution in [0.15, 0.2) is 59.5 Å². The number of nitrogens with one attached hydrogen (secondary N) is 1. The van der Waals surface area contributed by atoms with Crippen molar-refractivity contribution in [1.29, 1.82) is 0 Å². The third-order valence-electron chi connectivity index (χ3n) is 3.79. The van der Waals surface area contributed by atoms with Crippen LogP contribution >= 0.6 is 11.6 Å². The highest BCUT2D eigenvalue weighted by Gasteiger charge is 2.14. The van der Waals surface area contributed by atoms with Gasteiger partial charge in [0.1, 0.15) is 5.75 Å². The maximum Gasteiger partial charge on any atom is 0.280 e. The first-order valence-electron chi connectivity index (χ1n) is 7.80. The minimum Gasteiger partial charge on any atom is -0.497 e. The molecule has 0 bridgehead atoms. The van der Waals surface area contributed by atoms with Crippen molar-refractivity contribution in [3.63, 3.8) is 0 Å². The normalized spacial score (nSPS) is 10.4. The third kappa shape index (κ3) is 3.75. The number of methoxy groups -OCH3 is 1. The summed E-state index contributed by atoms with van der Waals surface area (Å²) in [7, 11) is 1.58. The van der Waals surface area contributed by atoms with Crippen molar-refractivity contribution in [2.75, 3.05) is 12.4 Å². The van der Waals surface area contributed by atoms with E-state index in [0.29, 0.717) is 22.1 Å². The molecule has 1 N–H and O–H groups in total. The number of carbonyl (C=O) groups excluding carboxylic acids is 1. The minimum absolute atomic E-state index is 0.208. The molecule has 0 saturated carbocycles. The molecule has 6 nitrogen and oxygen atoms in total. The number of aryl methyl sites for hydroxylation is 1. The molecule has 3 rings (SSSR count). The molecule has 132 valence electrons. The second-order valence-corrected chi connectivity index (χ2v) is 6.00. The Balaban J connectivity index is 1.90. The van der Waals surface area contributed by atoms with Crippen molar-refractivity contribution >= 4 is 23.2 Å². The van der Waals surface area contributed by atoms with E-state index in [1.54, 1.807) is 49.6 Å². The summed E-state index contributed by atoms with van der Waals surface area (Å²) in [6.45, 7) is 1.86. The fourth-order valence-electron chi connectivity index (χ4n) is 2.30.